The normalized spacial score (nSPS) is 17.6. The van der Waals surface area contributed by atoms with Crippen LogP contribution in [0.15, 0.2) is 29.1 Å². The second kappa shape index (κ2) is 7.48. The molecule has 0 unspecified atom stereocenters. The van der Waals surface area contributed by atoms with E-state index in [0.29, 0.717) is 12.4 Å². The summed E-state index contributed by atoms with van der Waals surface area (Å²) in [6.07, 6.45) is 5.67. The molecule has 0 bridgehead atoms. The molecule has 2 amide bonds. The van der Waals surface area contributed by atoms with E-state index in [2.05, 4.69) is 25.7 Å². The van der Waals surface area contributed by atoms with Crippen LogP contribution in [0.25, 0.3) is 0 Å². The van der Waals surface area contributed by atoms with Gasteiger partial charge in [0.25, 0.3) is 0 Å². The molecule has 2 aromatic rings. The van der Waals surface area contributed by atoms with E-state index >= 15 is 0 Å². The van der Waals surface area contributed by atoms with Crippen molar-refractivity contribution in [2.24, 2.45) is 7.05 Å². The second-order valence-corrected chi connectivity index (χ2v) is 6.15. The first-order valence-corrected chi connectivity index (χ1v) is 8.31. The maximum atomic E-state index is 12.2. The third-order valence-electron chi connectivity index (χ3n) is 4.39. The van der Waals surface area contributed by atoms with Crippen LogP contribution < -0.4 is 10.6 Å². The molecule has 0 spiro atoms. The van der Waals surface area contributed by atoms with Gasteiger partial charge in [-0.15, -0.1) is 10.2 Å². The Hall–Kier alpha value is -2.35. The van der Waals surface area contributed by atoms with Gasteiger partial charge in [-0.2, -0.15) is 0 Å². The molecule has 2 atom stereocenters. The van der Waals surface area contributed by atoms with Crippen molar-refractivity contribution in [3.05, 3.63) is 36.3 Å². The highest BCUT2D eigenvalue weighted by Gasteiger charge is 2.26. The summed E-state index contributed by atoms with van der Waals surface area (Å²) in [6, 6.07) is 3.48. The molecule has 0 aromatic carbocycles. The molecule has 130 valence electrons. The van der Waals surface area contributed by atoms with E-state index in [0.717, 1.165) is 18.8 Å². The molecule has 0 aliphatic carbocycles. The van der Waals surface area contributed by atoms with Crippen molar-refractivity contribution in [3.8, 4) is 0 Å². The fourth-order valence-electron chi connectivity index (χ4n) is 3.13. The Morgan fingerprint density at radius 1 is 1.42 bits per heavy atom. The topological polar surface area (TPSA) is 88.2 Å². The Kier molecular flexibility index (Phi) is 5.14. The highest BCUT2D eigenvalue weighted by Crippen LogP contribution is 2.24. The molecule has 2 aromatic heterocycles. The summed E-state index contributed by atoms with van der Waals surface area (Å²) in [5, 5.41) is 13.7. The molecule has 1 aliphatic heterocycles. The second-order valence-electron chi connectivity index (χ2n) is 6.15. The fraction of sp³-hybridized carbons (Fsp3) is 0.562. The van der Waals surface area contributed by atoms with Crippen molar-refractivity contribution in [2.75, 3.05) is 19.6 Å². The summed E-state index contributed by atoms with van der Waals surface area (Å²) < 4.78 is 7.35. The lowest BCUT2D eigenvalue weighted by atomic mass is 10.2. The first kappa shape index (κ1) is 16.5. The van der Waals surface area contributed by atoms with E-state index in [1.807, 2.05) is 26.1 Å². The van der Waals surface area contributed by atoms with E-state index in [9.17, 15) is 4.79 Å². The van der Waals surface area contributed by atoms with E-state index in [1.54, 1.807) is 17.2 Å². The third-order valence-corrected chi connectivity index (χ3v) is 4.39. The van der Waals surface area contributed by atoms with Gasteiger partial charge in [-0.25, -0.2) is 4.79 Å². The van der Waals surface area contributed by atoms with Gasteiger partial charge in [0.1, 0.15) is 12.1 Å². The average Bonchev–Trinajstić information content (AvgIpc) is 3.29. The minimum absolute atomic E-state index is 0.0679. The highest BCUT2D eigenvalue weighted by atomic mass is 16.3. The average molecular weight is 332 g/mol. The van der Waals surface area contributed by atoms with Crippen LogP contribution in [-0.4, -0.2) is 45.3 Å². The quantitative estimate of drug-likeness (QED) is 0.839. The Balaban J connectivity index is 1.56. The first-order chi connectivity index (χ1) is 11.6. The van der Waals surface area contributed by atoms with Gasteiger partial charge in [0.05, 0.1) is 18.3 Å². The van der Waals surface area contributed by atoms with Crippen molar-refractivity contribution in [1.82, 2.24) is 30.3 Å². The summed E-state index contributed by atoms with van der Waals surface area (Å²) in [5.41, 5.74) is 0. The monoisotopic (exact) mass is 332 g/mol. The molecule has 2 N–H and O–H groups in total. The van der Waals surface area contributed by atoms with Crippen LogP contribution >= 0.6 is 0 Å². The van der Waals surface area contributed by atoms with E-state index in [1.165, 1.54) is 12.8 Å². The molecule has 0 radical (unpaired) electrons. The lowest BCUT2D eigenvalue weighted by Crippen LogP contribution is -2.42. The molecule has 1 fully saturated rings. The molecule has 3 heterocycles. The summed E-state index contributed by atoms with van der Waals surface area (Å²) in [5.74, 6) is 1.60. The molecule has 8 nitrogen and oxygen atoms in total. The van der Waals surface area contributed by atoms with Crippen LogP contribution in [0, 0.1) is 0 Å². The molecule has 0 saturated carbocycles. The van der Waals surface area contributed by atoms with Gasteiger partial charge >= 0.3 is 6.03 Å². The van der Waals surface area contributed by atoms with Crippen LogP contribution in [0.2, 0.25) is 0 Å². The predicted octanol–water partition coefficient (Wildman–Crippen LogP) is 1.61. The SMILES string of the molecule is C[C@H](NC(=O)NC[C@H](c1ccco1)N1CCCC1)c1nncn1C. The van der Waals surface area contributed by atoms with E-state index < -0.39 is 0 Å². The van der Waals surface area contributed by atoms with Crippen LogP contribution in [0.5, 0.6) is 0 Å². The van der Waals surface area contributed by atoms with Crippen molar-refractivity contribution in [2.45, 2.75) is 31.8 Å². The summed E-state index contributed by atoms with van der Waals surface area (Å²) in [4.78, 5) is 14.6. The minimum atomic E-state index is -0.221. The predicted molar refractivity (Wildman–Crippen MR) is 88.2 cm³/mol. The molecule has 3 rings (SSSR count). The smallest absolute Gasteiger partial charge is 0.315 e. The van der Waals surface area contributed by atoms with Gasteiger partial charge < -0.3 is 19.6 Å². The lowest BCUT2D eigenvalue weighted by Gasteiger charge is -2.26. The lowest BCUT2D eigenvalue weighted by molar-refractivity contribution is 0.202. The number of hydrogen-bond donors (Lipinski definition) is 2. The third kappa shape index (κ3) is 3.76. The zero-order valence-electron chi connectivity index (χ0n) is 14.1. The van der Waals surface area contributed by atoms with Crippen LogP contribution in [-0.2, 0) is 7.05 Å². The van der Waals surface area contributed by atoms with Crippen molar-refractivity contribution < 1.29 is 9.21 Å². The van der Waals surface area contributed by atoms with Crippen molar-refractivity contribution in [3.63, 3.8) is 0 Å². The number of aromatic nitrogens is 3. The van der Waals surface area contributed by atoms with Crippen LogP contribution in [0.1, 0.15) is 43.4 Å². The van der Waals surface area contributed by atoms with Gasteiger partial charge in [-0.1, -0.05) is 0 Å². The Labute approximate surface area is 141 Å². The number of carbonyl (C=O) groups excluding carboxylic acids is 1. The number of urea groups is 1. The van der Waals surface area contributed by atoms with E-state index in [-0.39, 0.29) is 18.1 Å². The largest absolute Gasteiger partial charge is 0.468 e. The number of nitrogens with zero attached hydrogens (tertiary/aromatic N) is 4. The zero-order chi connectivity index (χ0) is 16.9. The maximum absolute atomic E-state index is 12.2. The summed E-state index contributed by atoms with van der Waals surface area (Å²) >= 11 is 0. The van der Waals surface area contributed by atoms with Crippen LogP contribution in [0.3, 0.4) is 0 Å². The summed E-state index contributed by atoms with van der Waals surface area (Å²) in [6.45, 7) is 4.45. The molecular weight excluding hydrogens is 308 g/mol. The number of nitrogens with one attached hydrogen (secondary N) is 2. The Morgan fingerprint density at radius 2 is 2.21 bits per heavy atom. The Bertz CT molecular complexity index is 647. The Morgan fingerprint density at radius 3 is 2.83 bits per heavy atom. The van der Waals surface area contributed by atoms with Gasteiger partial charge in [-0.05, 0) is 45.0 Å². The standard InChI is InChI=1S/C16H24N6O2/c1-12(15-20-18-11-21(15)2)19-16(23)17-10-13(14-6-5-9-24-14)22-7-3-4-8-22/h5-6,9,11-13H,3-4,7-8,10H2,1-2H3,(H2,17,19,23)/t12-,13+/m0/s1. The van der Waals surface area contributed by atoms with Crippen molar-refractivity contribution in [1.29, 1.82) is 0 Å². The minimum Gasteiger partial charge on any atom is -0.468 e. The fourth-order valence-corrected chi connectivity index (χ4v) is 3.13. The molecule has 1 saturated heterocycles. The number of likely N-dealkylation sites (tertiary alicyclic amines) is 1. The van der Waals surface area contributed by atoms with E-state index in [4.69, 9.17) is 4.42 Å². The number of hydrogen-bond acceptors (Lipinski definition) is 5. The zero-order valence-corrected chi connectivity index (χ0v) is 14.1. The van der Waals surface area contributed by atoms with Gasteiger partial charge in [-0.3, -0.25) is 4.90 Å². The molecular formula is C16H24N6O2. The highest BCUT2D eigenvalue weighted by molar-refractivity contribution is 5.74. The summed E-state index contributed by atoms with van der Waals surface area (Å²) in [7, 11) is 1.85. The van der Waals surface area contributed by atoms with Gasteiger partial charge in [0.15, 0.2) is 5.82 Å². The number of carbonyl (C=O) groups is 1. The number of amides is 2. The molecule has 24 heavy (non-hydrogen) atoms. The number of aryl methyl sites for hydroxylation is 1. The van der Waals surface area contributed by atoms with Gasteiger partial charge in [0.2, 0.25) is 0 Å². The molecule has 8 heteroatoms. The maximum Gasteiger partial charge on any atom is 0.315 e. The number of furan rings is 1. The van der Waals surface area contributed by atoms with Gasteiger partial charge in [0, 0.05) is 13.6 Å². The number of rotatable bonds is 6. The first-order valence-electron chi connectivity index (χ1n) is 8.31. The van der Waals surface area contributed by atoms with Crippen LogP contribution in [0.4, 0.5) is 4.79 Å². The molecule has 1 aliphatic rings. The van der Waals surface area contributed by atoms with Crippen molar-refractivity contribution >= 4 is 6.03 Å².